The Kier molecular flexibility index (Phi) is 8.75. The fraction of sp³-hybridized carbons (Fsp3) is 0.524. The third-order valence-electron chi connectivity index (χ3n) is 4.77. The van der Waals surface area contributed by atoms with Gasteiger partial charge in [-0.3, -0.25) is 9.89 Å². The highest BCUT2D eigenvalue weighted by Gasteiger charge is 2.18. The molecule has 6 heteroatoms. The quantitative estimate of drug-likeness (QED) is 0.510. The summed E-state index contributed by atoms with van der Waals surface area (Å²) in [5, 5.41) is 8.08. The first-order valence-corrected chi connectivity index (χ1v) is 10.6. The molecular formula is C21H33N5S. The van der Waals surface area contributed by atoms with Crippen molar-refractivity contribution in [3.05, 3.63) is 51.5 Å². The molecule has 0 amide bonds. The number of likely N-dealkylation sites (N-methyl/N-ethyl adjacent to an activating group) is 1. The van der Waals surface area contributed by atoms with Crippen molar-refractivity contribution in [2.75, 3.05) is 33.2 Å². The predicted octanol–water partition coefficient (Wildman–Crippen LogP) is 3.55. The molecule has 1 aromatic carbocycles. The molecule has 2 rings (SSSR count). The van der Waals surface area contributed by atoms with Crippen LogP contribution in [0.3, 0.4) is 0 Å². The Balaban J connectivity index is 1.92. The molecule has 0 aliphatic rings. The SMILES string of the molecule is CCN(CC)C(CNC(=NC)NCCc1sc(C)nc1C)c1ccccc1. The number of aromatic nitrogens is 1. The fourth-order valence-electron chi connectivity index (χ4n) is 3.31. The Bertz CT molecular complexity index is 707. The minimum absolute atomic E-state index is 0.325. The van der Waals surface area contributed by atoms with E-state index in [9.17, 15) is 0 Å². The zero-order valence-electron chi connectivity index (χ0n) is 17.2. The van der Waals surface area contributed by atoms with Gasteiger partial charge in [-0.15, -0.1) is 11.3 Å². The smallest absolute Gasteiger partial charge is 0.191 e. The summed E-state index contributed by atoms with van der Waals surface area (Å²) in [4.78, 5) is 12.7. The van der Waals surface area contributed by atoms with Gasteiger partial charge in [-0.1, -0.05) is 44.2 Å². The highest BCUT2D eigenvalue weighted by Crippen LogP contribution is 2.19. The van der Waals surface area contributed by atoms with Gasteiger partial charge in [0.05, 0.1) is 16.7 Å². The largest absolute Gasteiger partial charge is 0.356 e. The molecule has 0 radical (unpaired) electrons. The van der Waals surface area contributed by atoms with Gasteiger partial charge in [-0.25, -0.2) is 4.98 Å². The number of rotatable bonds is 9. The van der Waals surface area contributed by atoms with E-state index in [1.807, 2.05) is 7.05 Å². The average molecular weight is 388 g/mol. The lowest BCUT2D eigenvalue weighted by molar-refractivity contribution is 0.219. The van der Waals surface area contributed by atoms with Gasteiger partial charge in [0.1, 0.15) is 0 Å². The van der Waals surface area contributed by atoms with E-state index in [2.05, 4.69) is 83.5 Å². The Labute approximate surface area is 167 Å². The normalized spacial score (nSPS) is 13.0. The van der Waals surface area contributed by atoms with Gasteiger partial charge in [0.25, 0.3) is 0 Å². The van der Waals surface area contributed by atoms with Gasteiger partial charge >= 0.3 is 0 Å². The number of aryl methyl sites for hydroxylation is 2. The predicted molar refractivity (Wildman–Crippen MR) is 117 cm³/mol. The molecule has 27 heavy (non-hydrogen) atoms. The molecule has 0 bridgehead atoms. The number of hydrogen-bond acceptors (Lipinski definition) is 4. The molecule has 0 spiro atoms. The second-order valence-corrected chi connectivity index (χ2v) is 7.81. The van der Waals surface area contributed by atoms with Crippen LogP contribution in [0.15, 0.2) is 35.3 Å². The van der Waals surface area contributed by atoms with Gasteiger partial charge in [0, 0.05) is 31.4 Å². The Morgan fingerprint density at radius 2 is 1.85 bits per heavy atom. The molecule has 2 N–H and O–H groups in total. The number of nitrogens with one attached hydrogen (secondary N) is 2. The topological polar surface area (TPSA) is 52.5 Å². The maximum atomic E-state index is 4.50. The van der Waals surface area contributed by atoms with E-state index < -0.39 is 0 Å². The maximum Gasteiger partial charge on any atom is 0.191 e. The van der Waals surface area contributed by atoms with Crippen molar-refractivity contribution in [1.29, 1.82) is 0 Å². The highest BCUT2D eigenvalue weighted by molar-refractivity contribution is 7.11. The second-order valence-electron chi connectivity index (χ2n) is 6.52. The van der Waals surface area contributed by atoms with Crippen LogP contribution in [0.5, 0.6) is 0 Å². The number of nitrogens with zero attached hydrogens (tertiary/aromatic N) is 3. The van der Waals surface area contributed by atoms with Crippen molar-refractivity contribution in [1.82, 2.24) is 20.5 Å². The summed E-state index contributed by atoms with van der Waals surface area (Å²) in [6, 6.07) is 11.0. The summed E-state index contributed by atoms with van der Waals surface area (Å²) >= 11 is 1.78. The minimum Gasteiger partial charge on any atom is -0.356 e. The van der Waals surface area contributed by atoms with Crippen LogP contribution in [-0.4, -0.2) is 49.1 Å². The van der Waals surface area contributed by atoms with E-state index in [0.717, 1.165) is 49.3 Å². The van der Waals surface area contributed by atoms with Crippen LogP contribution in [0, 0.1) is 13.8 Å². The molecule has 5 nitrogen and oxygen atoms in total. The molecule has 0 saturated heterocycles. The first-order chi connectivity index (χ1) is 13.1. The van der Waals surface area contributed by atoms with Gasteiger partial charge in [-0.2, -0.15) is 0 Å². The zero-order valence-corrected chi connectivity index (χ0v) is 18.1. The molecule has 1 unspecified atom stereocenters. The second kappa shape index (κ2) is 11.0. The summed E-state index contributed by atoms with van der Waals surface area (Å²) in [7, 11) is 1.83. The number of guanidine groups is 1. The van der Waals surface area contributed by atoms with E-state index >= 15 is 0 Å². The highest BCUT2D eigenvalue weighted by atomic mass is 32.1. The molecule has 0 aliphatic carbocycles. The fourth-order valence-corrected chi connectivity index (χ4v) is 4.25. The summed E-state index contributed by atoms with van der Waals surface area (Å²) in [5.74, 6) is 0.849. The van der Waals surface area contributed by atoms with Crippen LogP contribution in [-0.2, 0) is 6.42 Å². The van der Waals surface area contributed by atoms with Crippen molar-refractivity contribution >= 4 is 17.3 Å². The number of benzene rings is 1. The molecular weight excluding hydrogens is 354 g/mol. The Morgan fingerprint density at radius 1 is 1.15 bits per heavy atom. The van der Waals surface area contributed by atoms with Gasteiger partial charge in [0.15, 0.2) is 5.96 Å². The van der Waals surface area contributed by atoms with Crippen LogP contribution in [0.2, 0.25) is 0 Å². The van der Waals surface area contributed by atoms with Gasteiger partial charge in [0.2, 0.25) is 0 Å². The lowest BCUT2D eigenvalue weighted by Crippen LogP contribution is -2.43. The van der Waals surface area contributed by atoms with E-state index in [4.69, 9.17) is 0 Å². The van der Waals surface area contributed by atoms with E-state index in [1.54, 1.807) is 11.3 Å². The van der Waals surface area contributed by atoms with Crippen LogP contribution >= 0.6 is 11.3 Å². The van der Waals surface area contributed by atoms with E-state index in [1.165, 1.54) is 10.4 Å². The summed E-state index contributed by atoms with van der Waals surface area (Å²) in [6.07, 6.45) is 0.968. The summed E-state index contributed by atoms with van der Waals surface area (Å²) in [5.41, 5.74) is 2.48. The maximum absolute atomic E-state index is 4.50. The third kappa shape index (κ3) is 6.33. The Morgan fingerprint density at radius 3 is 2.41 bits per heavy atom. The Hall–Kier alpha value is -1.92. The van der Waals surface area contributed by atoms with Crippen molar-refractivity contribution in [2.24, 2.45) is 4.99 Å². The first-order valence-electron chi connectivity index (χ1n) is 9.75. The zero-order chi connectivity index (χ0) is 19.6. The van der Waals surface area contributed by atoms with E-state index in [0.29, 0.717) is 6.04 Å². The monoisotopic (exact) mass is 387 g/mol. The lowest BCUT2D eigenvalue weighted by atomic mass is 10.1. The first kappa shape index (κ1) is 21.4. The molecule has 1 heterocycles. The average Bonchev–Trinajstić information content (AvgIpc) is 3.01. The van der Waals surface area contributed by atoms with Gasteiger partial charge < -0.3 is 10.6 Å². The lowest BCUT2D eigenvalue weighted by Gasteiger charge is -2.30. The minimum atomic E-state index is 0.325. The number of thiazole rings is 1. The number of hydrogen-bond donors (Lipinski definition) is 2. The van der Waals surface area contributed by atoms with Crippen molar-refractivity contribution < 1.29 is 0 Å². The molecule has 2 aromatic rings. The molecule has 0 aliphatic heterocycles. The molecule has 1 aromatic heterocycles. The number of aliphatic imine (C=N–C) groups is 1. The van der Waals surface area contributed by atoms with Crippen LogP contribution in [0.1, 0.15) is 41.0 Å². The standard InChI is InChI=1S/C21H33N5S/c1-6-26(7-2)19(18-11-9-8-10-12-18)15-24-21(22-5)23-14-13-20-16(3)25-17(4)27-20/h8-12,19H,6-7,13-15H2,1-5H3,(H2,22,23,24). The van der Waals surface area contributed by atoms with Crippen LogP contribution < -0.4 is 10.6 Å². The molecule has 1 atom stereocenters. The van der Waals surface area contributed by atoms with Crippen LogP contribution in [0.25, 0.3) is 0 Å². The molecule has 0 saturated carbocycles. The van der Waals surface area contributed by atoms with Gasteiger partial charge in [-0.05, 0) is 32.5 Å². The molecule has 0 fully saturated rings. The third-order valence-corrected chi connectivity index (χ3v) is 5.90. The molecule has 148 valence electrons. The van der Waals surface area contributed by atoms with Crippen LogP contribution in [0.4, 0.5) is 0 Å². The van der Waals surface area contributed by atoms with Crippen molar-refractivity contribution in [3.8, 4) is 0 Å². The van der Waals surface area contributed by atoms with Crippen molar-refractivity contribution in [3.63, 3.8) is 0 Å². The summed E-state index contributed by atoms with van der Waals surface area (Å²) < 4.78 is 0. The summed E-state index contributed by atoms with van der Waals surface area (Å²) in [6.45, 7) is 12.3. The van der Waals surface area contributed by atoms with E-state index in [-0.39, 0.29) is 0 Å². The van der Waals surface area contributed by atoms with Crippen molar-refractivity contribution in [2.45, 2.75) is 40.2 Å².